The van der Waals surface area contributed by atoms with Crippen LogP contribution in [0.15, 0.2) is 0 Å². The van der Waals surface area contributed by atoms with Crippen molar-refractivity contribution in [3.05, 3.63) is 21.5 Å². The smallest absolute Gasteiger partial charge is 0.312 e. The second kappa shape index (κ2) is 6.28. The zero-order valence-electron chi connectivity index (χ0n) is 11.2. The maximum atomic E-state index is 11.7. The Morgan fingerprint density at radius 1 is 1.58 bits per heavy atom. The lowest BCUT2D eigenvalue weighted by atomic mass is 10.2. The Morgan fingerprint density at radius 3 is 2.68 bits per heavy atom. The highest BCUT2D eigenvalue weighted by Crippen LogP contribution is 2.21. The van der Waals surface area contributed by atoms with Gasteiger partial charge in [-0.1, -0.05) is 6.92 Å². The molecule has 0 saturated heterocycles. The summed E-state index contributed by atoms with van der Waals surface area (Å²) >= 11 is 0. The third kappa shape index (κ3) is 3.75. The number of aliphatic hydroxyl groups is 1. The first-order chi connectivity index (χ1) is 8.86. The van der Waals surface area contributed by atoms with E-state index in [0.29, 0.717) is 17.9 Å². The van der Waals surface area contributed by atoms with E-state index in [9.17, 15) is 14.9 Å². The SMILES string of the molecule is Cc1nn(CC(=O)NCC(C)CO)c(C)c1[N+](=O)[O-]. The summed E-state index contributed by atoms with van der Waals surface area (Å²) in [7, 11) is 0. The number of nitro groups is 1. The molecule has 0 saturated carbocycles. The summed E-state index contributed by atoms with van der Waals surface area (Å²) in [6, 6.07) is 0. The quantitative estimate of drug-likeness (QED) is 0.565. The van der Waals surface area contributed by atoms with Crippen molar-refractivity contribution in [2.75, 3.05) is 13.2 Å². The lowest BCUT2D eigenvalue weighted by Crippen LogP contribution is -2.32. The van der Waals surface area contributed by atoms with E-state index >= 15 is 0 Å². The van der Waals surface area contributed by atoms with E-state index in [2.05, 4.69) is 10.4 Å². The Hall–Kier alpha value is -1.96. The van der Waals surface area contributed by atoms with E-state index in [1.807, 2.05) is 0 Å². The van der Waals surface area contributed by atoms with Gasteiger partial charge in [0.05, 0.1) is 4.92 Å². The van der Waals surface area contributed by atoms with Crippen molar-refractivity contribution in [3.8, 4) is 0 Å². The van der Waals surface area contributed by atoms with E-state index in [1.165, 1.54) is 11.6 Å². The highest BCUT2D eigenvalue weighted by molar-refractivity contribution is 5.75. The summed E-state index contributed by atoms with van der Waals surface area (Å²) in [5.41, 5.74) is 0.586. The van der Waals surface area contributed by atoms with Gasteiger partial charge in [0.1, 0.15) is 17.9 Å². The molecule has 1 unspecified atom stereocenters. The molecular formula is C11H18N4O4. The third-order valence-electron chi connectivity index (χ3n) is 2.78. The van der Waals surface area contributed by atoms with Gasteiger partial charge in [-0.15, -0.1) is 0 Å². The van der Waals surface area contributed by atoms with Crippen LogP contribution in [0, 0.1) is 29.9 Å². The van der Waals surface area contributed by atoms with Gasteiger partial charge < -0.3 is 10.4 Å². The van der Waals surface area contributed by atoms with Gasteiger partial charge in [0.15, 0.2) is 0 Å². The minimum absolute atomic E-state index is 0.00828. The van der Waals surface area contributed by atoms with Crippen LogP contribution in [0.1, 0.15) is 18.3 Å². The van der Waals surface area contributed by atoms with E-state index in [0.717, 1.165) is 0 Å². The molecule has 8 nitrogen and oxygen atoms in total. The van der Waals surface area contributed by atoms with Gasteiger partial charge >= 0.3 is 5.69 Å². The first kappa shape index (κ1) is 15.1. The number of carbonyl (C=O) groups is 1. The molecule has 0 radical (unpaired) electrons. The molecule has 8 heteroatoms. The summed E-state index contributed by atoms with van der Waals surface area (Å²) in [5, 5.41) is 26.3. The average molecular weight is 270 g/mol. The Kier molecular flexibility index (Phi) is 4.99. The minimum Gasteiger partial charge on any atom is -0.396 e. The molecule has 0 aromatic carbocycles. The fourth-order valence-corrected chi connectivity index (χ4v) is 1.65. The maximum absolute atomic E-state index is 11.7. The summed E-state index contributed by atoms with van der Waals surface area (Å²) in [4.78, 5) is 22.0. The molecule has 0 spiro atoms. The molecule has 0 aliphatic carbocycles. The first-order valence-corrected chi connectivity index (χ1v) is 5.92. The van der Waals surface area contributed by atoms with Crippen molar-refractivity contribution in [2.45, 2.75) is 27.3 Å². The van der Waals surface area contributed by atoms with Crippen molar-refractivity contribution in [3.63, 3.8) is 0 Å². The highest BCUT2D eigenvalue weighted by Gasteiger charge is 2.22. The topological polar surface area (TPSA) is 110 Å². The molecule has 0 bridgehead atoms. The van der Waals surface area contributed by atoms with E-state index in [4.69, 9.17) is 5.11 Å². The third-order valence-corrected chi connectivity index (χ3v) is 2.78. The van der Waals surface area contributed by atoms with E-state index < -0.39 is 4.92 Å². The van der Waals surface area contributed by atoms with Crippen LogP contribution in [0.25, 0.3) is 0 Å². The van der Waals surface area contributed by atoms with Crippen LogP contribution < -0.4 is 5.32 Å². The lowest BCUT2D eigenvalue weighted by molar-refractivity contribution is -0.386. The predicted molar refractivity (Wildman–Crippen MR) is 67.6 cm³/mol. The fourth-order valence-electron chi connectivity index (χ4n) is 1.65. The van der Waals surface area contributed by atoms with Gasteiger partial charge in [-0.3, -0.25) is 19.6 Å². The summed E-state index contributed by atoms with van der Waals surface area (Å²) < 4.78 is 1.31. The number of aryl methyl sites for hydroxylation is 1. The number of aromatic nitrogens is 2. The fraction of sp³-hybridized carbons (Fsp3) is 0.636. The number of rotatable bonds is 6. The van der Waals surface area contributed by atoms with Crippen LogP contribution in [0.2, 0.25) is 0 Å². The summed E-state index contributed by atoms with van der Waals surface area (Å²) in [6.07, 6.45) is 0. The van der Waals surface area contributed by atoms with Crippen LogP contribution >= 0.6 is 0 Å². The molecule has 19 heavy (non-hydrogen) atoms. The molecule has 0 aliphatic rings. The number of aliphatic hydroxyl groups excluding tert-OH is 1. The van der Waals surface area contributed by atoms with Crippen LogP contribution in [0.3, 0.4) is 0 Å². The zero-order valence-corrected chi connectivity index (χ0v) is 11.2. The molecule has 1 aromatic heterocycles. The first-order valence-electron chi connectivity index (χ1n) is 5.92. The molecular weight excluding hydrogens is 252 g/mol. The molecule has 1 atom stereocenters. The van der Waals surface area contributed by atoms with Gasteiger partial charge in [-0.2, -0.15) is 5.10 Å². The molecule has 0 aliphatic heterocycles. The number of amides is 1. The standard InChI is InChI=1S/C11H18N4O4/c1-7(6-16)4-12-10(17)5-14-9(3)11(15(18)19)8(2)13-14/h7,16H,4-6H2,1-3H3,(H,12,17). The number of nitrogens with zero attached hydrogens (tertiary/aromatic N) is 3. The second-order valence-electron chi connectivity index (χ2n) is 4.53. The van der Waals surface area contributed by atoms with Crippen molar-refractivity contribution in [1.82, 2.24) is 15.1 Å². The molecule has 1 aromatic rings. The van der Waals surface area contributed by atoms with E-state index in [1.54, 1.807) is 13.8 Å². The van der Waals surface area contributed by atoms with Gasteiger partial charge in [0, 0.05) is 13.2 Å². The maximum Gasteiger partial charge on any atom is 0.312 e. The second-order valence-corrected chi connectivity index (χ2v) is 4.53. The van der Waals surface area contributed by atoms with Crippen LogP contribution in [-0.2, 0) is 11.3 Å². The van der Waals surface area contributed by atoms with Gasteiger partial charge in [-0.05, 0) is 19.8 Å². The molecule has 1 rings (SSSR count). The lowest BCUT2D eigenvalue weighted by Gasteiger charge is -2.10. The van der Waals surface area contributed by atoms with Crippen molar-refractivity contribution in [1.29, 1.82) is 0 Å². The van der Waals surface area contributed by atoms with Gasteiger partial charge in [0.25, 0.3) is 0 Å². The van der Waals surface area contributed by atoms with Crippen LogP contribution in [-0.4, -0.2) is 38.9 Å². The van der Waals surface area contributed by atoms with Crippen molar-refractivity contribution in [2.24, 2.45) is 5.92 Å². The molecule has 1 amide bonds. The largest absolute Gasteiger partial charge is 0.396 e. The van der Waals surface area contributed by atoms with Crippen molar-refractivity contribution < 1.29 is 14.8 Å². The number of carbonyl (C=O) groups excluding carboxylic acids is 1. The summed E-state index contributed by atoms with van der Waals surface area (Å²) in [6.45, 7) is 5.17. The van der Waals surface area contributed by atoms with Crippen LogP contribution in [0.5, 0.6) is 0 Å². The van der Waals surface area contributed by atoms with Gasteiger partial charge in [0.2, 0.25) is 5.91 Å². The molecule has 0 fully saturated rings. The minimum atomic E-state index is -0.500. The number of nitrogens with one attached hydrogen (secondary N) is 1. The summed E-state index contributed by atoms with van der Waals surface area (Å²) in [5.74, 6) is -0.320. The van der Waals surface area contributed by atoms with E-state index in [-0.39, 0.29) is 30.7 Å². The number of hydrogen-bond donors (Lipinski definition) is 2. The number of hydrogen-bond acceptors (Lipinski definition) is 5. The van der Waals surface area contributed by atoms with Crippen LogP contribution in [0.4, 0.5) is 5.69 Å². The highest BCUT2D eigenvalue weighted by atomic mass is 16.6. The Bertz CT molecular complexity index is 483. The molecule has 2 N–H and O–H groups in total. The van der Waals surface area contributed by atoms with Gasteiger partial charge in [-0.25, -0.2) is 0 Å². The predicted octanol–water partition coefficient (Wildman–Crippen LogP) is 0.153. The van der Waals surface area contributed by atoms with Crippen molar-refractivity contribution >= 4 is 11.6 Å². The normalized spacial score (nSPS) is 12.2. The monoisotopic (exact) mass is 270 g/mol. The molecule has 1 heterocycles. The Labute approximate surface area is 110 Å². The molecule has 106 valence electrons. The zero-order chi connectivity index (χ0) is 14.6. The average Bonchev–Trinajstić information content (AvgIpc) is 2.61. The Morgan fingerprint density at radius 2 is 2.21 bits per heavy atom. The Balaban J connectivity index is 2.70.